The molecule has 0 saturated heterocycles. The quantitative estimate of drug-likeness (QED) is 0.0834. The average Bonchev–Trinajstić information content (AvgIpc) is 3.16. The Hall–Kier alpha value is -5.07. The van der Waals surface area contributed by atoms with Crippen LogP contribution in [0.5, 0.6) is 11.5 Å². The molecular weight excluding hydrogens is 841 g/mol. The zero-order valence-electron chi connectivity index (χ0n) is 41.0. The SMILES string of the molecule is C.COC(C)(C)C(=O)N[C@@H](CCCNC(=O)OC(C)(C)C)C(=O)COc1cc(C)nc(C)c1.COC(C)(C)C(=O)N[C@@H](CCCNC(=O)OC(C)(C)C)C(O)COc1cc(C)nc(C)c1. The van der Waals surface area contributed by atoms with Crippen molar-refractivity contribution in [1.29, 1.82) is 0 Å². The van der Waals surface area contributed by atoms with Gasteiger partial charge in [-0.25, -0.2) is 9.59 Å². The van der Waals surface area contributed by atoms with Gasteiger partial charge in [0.1, 0.15) is 53.2 Å². The van der Waals surface area contributed by atoms with Gasteiger partial charge in [0.15, 0.2) is 5.78 Å². The van der Waals surface area contributed by atoms with Crippen molar-refractivity contribution in [1.82, 2.24) is 31.2 Å². The van der Waals surface area contributed by atoms with Crippen molar-refractivity contribution in [2.75, 3.05) is 40.5 Å². The van der Waals surface area contributed by atoms with Gasteiger partial charge in [0, 0.05) is 74.4 Å². The molecule has 0 radical (unpaired) electrons. The molecule has 0 aromatic carbocycles. The molecule has 2 aromatic rings. The summed E-state index contributed by atoms with van der Waals surface area (Å²) in [6.07, 6.45) is -0.304. The Labute approximate surface area is 387 Å². The molecule has 2 heterocycles. The van der Waals surface area contributed by atoms with E-state index in [-0.39, 0.29) is 32.3 Å². The van der Waals surface area contributed by atoms with Gasteiger partial charge in [-0.15, -0.1) is 0 Å². The minimum atomic E-state index is -1.09. The van der Waals surface area contributed by atoms with E-state index < -0.39 is 58.7 Å². The molecular formula is C47H80N6O12. The van der Waals surface area contributed by atoms with Crippen LogP contribution in [0.25, 0.3) is 0 Å². The second-order valence-corrected chi connectivity index (χ2v) is 18.5. The minimum absolute atomic E-state index is 0. The molecule has 0 bridgehead atoms. The summed E-state index contributed by atoms with van der Waals surface area (Å²) in [6.45, 7) is 25.1. The number of Topliss-reactive ketones (excluding diaryl/α,β-unsaturated/α-hetero) is 1. The van der Waals surface area contributed by atoms with Crippen LogP contribution in [0.2, 0.25) is 0 Å². The van der Waals surface area contributed by atoms with Crippen LogP contribution in [-0.2, 0) is 33.3 Å². The molecule has 0 aliphatic heterocycles. The van der Waals surface area contributed by atoms with E-state index in [1.807, 2.05) is 27.7 Å². The van der Waals surface area contributed by atoms with Crippen LogP contribution in [0.4, 0.5) is 9.59 Å². The van der Waals surface area contributed by atoms with Crippen LogP contribution in [0, 0.1) is 27.7 Å². The van der Waals surface area contributed by atoms with Gasteiger partial charge in [-0.3, -0.25) is 24.4 Å². The molecule has 0 aliphatic rings. The Bertz CT molecular complexity index is 1780. The van der Waals surface area contributed by atoms with Crippen LogP contribution < -0.4 is 30.7 Å². The third kappa shape index (κ3) is 25.3. The zero-order valence-corrected chi connectivity index (χ0v) is 41.0. The summed E-state index contributed by atoms with van der Waals surface area (Å²) in [5, 5.41) is 21.7. The number of methoxy groups -OCH3 is 2. The minimum Gasteiger partial charge on any atom is -0.491 e. The number of ketones is 1. The maximum atomic E-state index is 12.8. The number of carbonyl (C=O) groups excluding carboxylic acids is 5. The first kappa shape index (κ1) is 59.9. The van der Waals surface area contributed by atoms with Crippen LogP contribution in [0.15, 0.2) is 24.3 Å². The smallest absolute Gasteiger partial charge is 0.407 e. The number of nitrogens with zero attached hydrogens (tertiary/aromatic N) is 2. The molecule has 2 aromatic heterocycles. The summed E-state index contributed by atoms with van der Waals surface area (Å²) in [5.74, 6) is 0.101. The second-order valence-electron chi connectivity index (χ2n) is 18.5. The highest BCUT2D eigenvalue weighted by Gasteiger charge is 2.33. The third-order valence-electron chi connectivity index (χ3n) is 9.20. The van der Waals surface area contributed by atoms with Crippen molar-refractivity contribution >= 4 is 29.8 Å². The van der Waals surface area contributed by atoms with Gasteiger partial charge in [0.2, 0.25) is 0 Å². The van der Waals surface area contributed by atoms with E-state index >= 15 is 0 Å². The summed E-state index contributed by atoms with van der Waals surface area (Å²) >= 11 is 0. The van der Waals surface area contributed by atoms with Crippen LogP contribution in [0.1, 0.15) is 125 Å². The molecule has 0 aliphatic carbocycles. The molecule has 2 rings (SSSR count). The van der Waals surface area contributed by atoms with Crippen molar-refractivity contribution in [2.24, 2.45) is 0 Å². The van der Waals surface area contributed by atoms with E-state index in [9.17, 15) is 29.1 Å². The van der Waals surface area contributed by atoms with Gasteiger partial charge in [-0.05, 0) is 123 Å². The lowest BCUT2D eigenvalue weighted by molar-refractivity contribution is -0.142. The lowest BCUT2D eigenvalue weighted by atomic mass is 10.0. The fraction of sp³-hybridized carbons (Fsp3) is 0.681. The van der Waals surface area contributed by atoms with E-state index in [1.165, 1.54) is 14.2 Å². The monoisotopic (exact) mass is 921 g/mol. The van der Waals surface area contributed by atoms with Gasteiger partial charge in [-0.2, -0.15) is 0 Å². The van der Waals surface area contributed by atoms with Gasteiger partial charge in [0.05, 0.1) is 12.1 Å². The third-order valence-corrected chi connectivity index (χ3v) is 9.20. The Morgan fingerprint density at radius 1 is 0.615 bits per heavy atom. The van der Waals surface area contributed by atoms with Gasteiger partial charge in [-0.1, -0.05) is 7.43 Å². The molecule has 370 valence electrons. The molecule has 3 atom stereocenters. The van der Waals surface area contributed by atoms with Crippen LogP contribution in [0.3, 0.4) is 0 Å². The lowest BCUT2D eigenvalue weighted by Crippen LogP contribution is -2.53. The number of amides is 4. The molecule has 0 saturated carbocycles. The van der Waals surface area contributed by atoms with Crippen molar-refractivity contribution < 1.29 is 57.5 Å². The zero-order chi connectivity index (χ0) is 49.1. The average molecular weight is 921 g/mol. The number of aryl methyl sites for hydroxylation is 4. The number of ether oxygens (including phenoxy) is 6. The van der Waals surface area contributed by atoms with E-state index in [4.69, 9.17) is 28.4 Å². The van der Waals surface area contributed by atoms with Crippen LogP contribution >= 0.6 is 0 Å². The standard InChI is InChI=1S/C23H39N3O6.C23H37N3O6.CH4/c2*1-15-12-17(13-16(2)25-15)31-14-19(27)18(26-20(28)23(6,7)30-8)10-9-11-24-21(29)32-22(3,4)5;/h12-13,18-19,27H,9-11,14H2,1-8H3,(H,24,29)(H,26,28);12-13,18H,9-11,14H2,1-8H3,(H,24,29)(H,26,28);1H4/t18-,19?;18-;/m00./s1. The summed E-state index contributed by atoms with van der Waals surface area (Å²) in [7, 11) is 2.88. The number of alkyl carbamates (subject to hydrolysis) is 2. The van der Waals surface area contributed by atoms with Crippen molar-refractivity contribution in [3.05, 3.63) is 47.0 Å². The number of aromatic nitrogens is 2. The molecule has 1 unspecified atom stereocenters. The first-order valence-corrected chi connectivity index (χ1v) is 21.5. The van der Waals surface area contributed by atoms with E-state index in [1.54, 1.807) is 93.5 Å². The van der Waals surface area contributed by atoms with Gasteiger partial charge < -0.3 is 54.8 Å². The first-order chi connectivity index (χ1) is 29.5. The maximum absolute atomic E-state index is 12.8. The van der Waals surface area contributed by atoms with Crippen molar-refractivity contribution in [3.63, 3.8) is 0 Å². The largest absolute Gasteiger partial charge is 0.491 e. The molecule has 5 N–H and O–H groups in total. The first-order valence-electron chi connectivity index (χ1n) is 21.5. The van der Waals surface area contributed by atoms with Gasteiger partial charge >= 0.3 is 12.2 Å². The predicted octanol–water partition coefficient (Wildman–Crippen LogP) is 6.15. The molecule has 65 heavy (non-hydrogen) atoms. The number of aliphatic hydroxyl groups excluding tert-OH is 1. The number of nitrogens with one attached hydrogen (secondary N) is 4. The Morgan fingerprint density at radius 3 is 1.40 bits per heavy atom. The van der Waals surface area contributed by atoms with Crippen molar-refractivity contribution in [2.45, 2.75) is 171 Å². The van der Waals surface area contributed by atoms with E-state index in [0.717, 1.165) is 22.8 Å². The normalized spacial score (nSPS) is 13.0. The molecule has 0 spiro atoms. The fourth-order valence-electron chi connectivity index (χ4n) is 5.48. The number of hydrogen-bond acceptors (Lipinski definition) is 14. The molecule has 0 fully saturated rings. The summed E-state index contributed by atoms with van der Waals surface area (Å²) < 4.78 is 32.2. The van der Waals surface area contributed by atoms with Crippen molar-refractivity contribution in [3.8, 4) is 11.5 Å². The van der Waals surface area contributed by atoms with E-state index in [2.05, 4.69) is 31.2 Å². The highest BCUT2D eigenvalue weighted by Crippen LogP contribution is 2.18. The lowest BCUT2D eigenvalue weighted by Gasteiger charge is -2.29. The number of carbonyl (C=O) groups is 5. The summed E-state index contributed by atoms with van der Waals surface area (Å²) in [6, 6.07) is 5.67. The molecule has 18 nitrogen and oxygen atoms in total. The van der Waals surface area contributed by atoms with Crippen LogP contribution in [-0.4, -0.2) is 126 Å². The Balaban J connectivity index is 0.00000124. The summed E-state index contributed by atoms with van der Waals surface area (Å²) in [4.78, 5) is 70.1. The number of pyridine rings is 2. The number of aliphatic hydroxyl groups is 1. The maximum Gasteiger partial charge on any atom is 0.407 e. The predicted molar refractivity (Wildman–Crippen MR) is 249 cm³/mol. The fourth-order valence-corrected chi connectivity index (χ4v) is 5.48. The molecule has 18 heteroatoms. The number of rotatable bonds is 22. The highest BCUT2D eigenvalue weighted by atomic mass is 16.6. The van der Waals surface area contributed by atoms with Gasteiger partial charge in [0.25, 0.3) is 11.8 Å². The second kappa shape index (κ2) is 27.4. The summed E-state index contributed by atoms with van der Waals surface area (Å²) in [5.41, 5.74) is -0.115. The highest BCUT2D eigenvalue weighted by molar-refractivity contribution is 5.92. The number of hydrogen-bond donors (Lipinski definition) is 5. The molecule has 4 amide bonds. The van der Waals surface area contributed by atoms with E-state index in [0.29, 0.717) is 50.3 Å². The Kier molecular flexibility index (Phi) is 25.3. The Morgan fingerprint density at radius 2 is 1.00 bits per heavy atom. The topological polar surface area (TPSA) is 235 Å².